The zero-order valence-electron chi connectivity index (χ0n) is 33.2. The van der Waals surface area contributed by atoms with Crippen LogP contribution < -0.4 is 0 Å². The van der Waals surface area contributed by atoms with E-state index in [0.29, 0.717) is 110 Å². The highest BCUT2D eigenvalue weighted by Crippen LogP contribution is 2.54. The molecule has 14 nitrogen and oxygen atoms in total. The van der Waals surface area contributed by atoms with Crippen LogP contribution in [0.4, 0.5) is 0 Å². The number of hydrogen-bond acceptors (Lipinski definition) is 14. The average Bonchev–Trinajstić information content (AvgIpc) is 3.15. The first-order valence-electron chi connectivity index (χ1n) is 19.4. The molecule has 0 aromatic heterocycles. The van der Waals surface area contributed by atoms with Crippen molar-refractivity contribution in [1.29, 1.82) is 0 Å². The summed E-state index contributed by atoms with van der Waals surface area (Å²) in [5.74, 6) is -2.38. The van der Waals surface area contributed by atoms with Crippen molar-refractivity contribution in [2.45, 2.75) is 53.4 Å². The third kappa shape index (κ3) is 7.46. The van der Waals surface area contributed by atoms with Crippen molar-refractivity contribution >= 4 is 34.0 Å². The number of aliphatic hydroxyl groups excluding tert-OH is 2. The smallest absolute Gasteiger partial charge is 0.167 e. The molecule has 0 radical (unpaired) electrons. The van der Waals surface area contributed by atoms with E-state index in [1.54, 1.807) is 13.8 Å². The number of nitrogens with zero attached hydrogens (tertiary/aromatic N) is 6. The number of phenols is 6. The van der Waals surface area contributed by atoms with Gasteiger partial charge in [0.25, 0.3) is 0 Å². The van der Waals surface area contributed by atoms with E-state index in [-0.39, 0.29) is 69.9 Å². The highest BCUT2D eigenvalue weighted by molar-refractivity contribution is 6.15. The van der Waals surface area contributed by atoms with E-state index in [4.69, 9.17) is 0 Å². The fourth-order valence-electron chi connectivity index (χ4n) is 8.34. The molecule has 6 rings (SSSR count). The Balaban J connectivity index is 1.57. The number of aliphatic hydroxyl groups is 2. The van der Waals surface area contributed by atoms with Crippen LogP contribution in [-0.2, 0) is 0 Å². The first-order valence-corrected chi connectivity index (χ1v) is 19.4. The summed E-state index contributed by atoms with van der Waals surface area (Å²) in [4.78, 5) is 4.26. The standard InChI is InChI=1S/C42H56N6O8/c1-23(2)31-27-19-25(5)33(39(53)35(27)29(37(51)41(31)55)21-43-47-11-7-45(8-12-47)15-17-49)34-26(6)20-28-32(24(3)4)42(56)38(52)30(36(28)40(34)54)22-44-48-13-9-46(10-14-48)16-18-50/h19-24,49-56H,7-18H2,1-6H3/b43-21+,44-22+. The number of β-amino-alcohol motifs (C(OH)–C–C–N with tert-alkyl or cyclic N) is 2. The van der Waals surface area contributed by atoms with Gasteiger partial charge in [-0.05, 0) is 47.6 Å². The lowest BCUT2D eigenvalue weighted by Gasteiger charge is -2.32. The van der Waals surface area contributed by atoms with Crippen molar-refractivity contribution in [2.24, 2.45) is 10.2 Å². The molecule has 0 atom stereocenters. The van der Waals surface area contributed by atoms with Crippen LogP contribution in [0.3, 0.4) is 0 Å². The number of hydrazone groups is 2. The lowest BCUT2D eigenvalue weighted by Crippen LogP contribution is -2.45. The van der Waals surface area contributed by atoms with Gasteiger partial charge in [-0.1, -0.05) is 39.8 Å². The highest BCUT2D eigenvalue weighted by atomic mass is 16.3. The molecule has 2 aliphatic heterocycles. The quantitative estimate of drug-likeness (QED) is 0.0777. The Labute approximate surface area is 327 Å². The maximum absolute atomic E-state index is 12.4. The number of phenolic OH excluding ortho intramolecular Hbond substituents is 6. The van der Waals surface area contributed by atoms with Crippen LogP contribution in [0.15, 0.2) is 22.3 Å². The van der Waals surface area contributed by atoms with Gasteiger partial charge in [0, 0.05) is 98.5 Å². The lowest BCUT2D eigenvalue weighted by molar-refractivity contribution is 0.115. The molecule has 0 saturated carbocycles. The minimum atomic E-state index is -0.425. The van der Waals surface area contributed by atoms with Crippen LogP contribution in [0.5, 0.6) is 34.5 Å². The summed E-state index contributed by atoms with van der Waals surface area (Å²) in [5.41, 5.74) is 2.91. The first-order chi connectivity index (χ1) is 26.7. The van der Waals surface area contributed by atoms with Gasteiger partial charge in [-0.15, -0.1) is 0 Å². The van der Waals surface area contributed by atoms with Gasteiger partial charge >= 0.3 is 0 Å². The third-order valence-corrected chi connectivity index (χ3v) is 11.2. The Morgan fingerprint density at radius 2 is 0.875 bits per heavy atom. The van der Waals surface area contributed by atoms with E-state index in [1.165, 1.54) is 12.4 Å². The molecule has 14 heteroatoms. The maximum atomic E-state index is 12.4. The molecular weight excluding hydrogens is 716 g/mol. The minimum absolute atomic E-state index is 0.0690. The normalized spacial score (nSPS) is 16.3. The summed E-state index contributed by atoms with van der Waals surface area (Å²) < 4.78 is 0. The number of fused-ring (bicyclic) bond motifs is 2. The van der Waals surface area contributed by atoms with Crippen molar-refractivity contribution in [3.8, 4) is 45.6 Å². The highest BCUT2D eigenvalue weighted by Gasteiger charge is 2.30. The number of benzene rings is 4. The van der Waals surface area contributed by atoms with Crippen LogP contribution in [0.25, 0.3) is 32.7 Å². The van der Waals surface area contributed by atoms with Gasteiger partial charge in [-0.3, -0.25) is 19.8 Å². The molecule has 2 saturated heterocycles. The predicted molar refractivity (Wildman–Crippen MR) is 220 cm³/mol. The monoisotopic (exact) mass is 772 g/mol. The lowest BCUT2D eigenvalue weighted by atomic mass is 9.83. The van der Waals surface area contributed by atoms with Crippen molar-refractivity contribution in [3.05, 3.63) is 45.5 Å². The summed E-state index contributed by atoms with van der Waals surface area (Å²) in [6.45, 7) is 17.5. The topological polar surface area (TPSA) is 200 Å². The number of piperazine rings is 2. The predicted octanol–water partition coefficient (Wildman–Crippen LogP) is 4.64. The SMILES string of the molecule is Cc1cc2c(C(C)C)c(O)c(O)c(/C=N/N3CCN(CCO)CC3)c2c(O)c1-c1c(C)cc2c(C(C)C)c(O)c(O)c(/C=N/N3CCN(CCO)CC3)c2c1O. The molecule has 0 bridgehead atoms. The van der Waals surface area contributed by atoms with Gasteiger partial charge in [-0.25, -0.2) is 0 Å². The summed E-state index contributed by atoms with van der Waals surface area (Å²) in [6, 6.07) is 3.67. The molecule has 56 heavy (non-hydrogen) atoms. The summed E-state index contributed by atoms with van der Waals surface area (Å²) in [7, 11) is 0. The van der Waals surface area contributed by atoms with E-state index in [9.17, 15) is 40.9 Å². The number of rotatable bonds is 11. The molecule has 2 aliphatic rings. The molecule has 302 valence electrons. The van der Waals surface area contributed by atoms with Crippen LogP contribution in [0, 0.1) is 13.8 Å². The molecule has 0 unspecified atom stereocenters. The Kier molecular flexibility index (Phi) is 12.0. The van der Waals surface area contributed by atoms with Gasteiger partial charge in [0.15, 0.2) is 23.0 Å². The minimum Gasteiger partial charge on any atom is -0.507 e. The van der Waals surface area contributed by atoms with Gasteiger partial charge in [0.2, 0.25) is 0 Å². The van der Waals surface area contributed by atoms with Crippen LogP contribution in [-0.4, -0.2) is 152 Å². The summed E-state index contributed by atoms with van der Waals surface area (Å²) in [5, 5.41) is 104. The Morgan fingerprint density at radius 3 is 1.18 bits per heavy atom. The fourth-order valence-corrected chi connectivity index (χ4v) is 8.34. The van der Waals surface area contributed by atoms with Gasteiger partial charge in [0.1, 0.15) is 11.5 Å². The second kappa shape index (κ2) is 16.6. The Hall–Kier alpha value is -5.02. The second-order valence-electron chi connectivity index (χ2n) is 15.6. The van der Waals surface area contributed by atoms with E-state index >= 15 is 0 Å². The van der Waals surface area contributed by atoms with E-state index in [2.05, 4.69) is 20.0 Å². The Morgan fingerprint density at radius 1 is 0.536 bits per heavy atom. The second-order valence-corrected chi connectivity index (χ2v) is 15.6. The zero-order chi connectivity index (χ0) is 40.6. The first kappa shape index (κ1) is 40.6. The van der Waals surface area contributed by atoms with Gasteiger partial charge < -0.3 is 40.9 Å². The molecule has 2 fully saturated rings. The zero-order valence-corrected chi connectivity index (χ0v) is 33.2. The molecule has 0 spiro atoms. The van der Waals surface area contributed by atoms with E-state index in [0.717, 1.165) is 0 Å². The van der Waals surface area contributed by atoms with Crippen LogP contribution in [0.1, 0.15) is 72.9 Å². The molecular formula is C42H56N6O8. The summed E-state index contributed by atoms with van der Waals surface area (Å²) >= 11 is 0. The number of hydrogen-bond donors (Lipinski definition) is 8. The van der Waals surface area contributed by atoms with Gasteiger partial charge in [-0.2, -0.15) is 10.2 Å². The largest absolute Gasteiger partial charge is 0.507 e. The van der Waals surface area contributed by atoms with Crippen LogP contribution in [0.2, 0.25) is 0 Å². The molecule has 4 aromatic rings. The van der Waals surface area contributed by atoms with E-state index < -0.39 is 11.5 Å². The number of aromatic hydroxyl groups is 6. The molecule has 0 aliphatic carbocycles. The third-order valence-electron chi connectivity index (χ3n) is 11.2. The molecule has 8 N–H and O–H groups in total. The van der Waals surface area contributed by atoms with Crippen molar-refractivity contribution in [3.63, 3.8) is 0 Å². The maximum Gasteiger partial charge on any atom is 0.167 e. The molecule has 0 amide bonds. The number of aryl methyl sites for hydroxylation is 2. The van der Waals surface area contributed by atoms with Gasteiger partial charge in [0.05, 0.1) is 36.8 Å². The molecule has 2 heterocycles. The molecule has 4 aromatic carbocycles. The fraction of sp³-hybridized carbons (Fsp3) is 0.476. The van der Waals surface area contributed by atoms with Crippen molar-refractivity contribution in [1.82, 2.24) is 19.8 Å². The van der Waals surface area contributed by atoms with Crippen molar-refractivity contribution < 1.29 is 40.9 Å². The summed E-state index contributed by atoms with van der Waals surface area (Å²) in [6.07, 6.45) is 2.89. The van der Waals surface area contributed by atoms with E-state index in [1.807, 2.05) is 49.8 Å². The van der Waals surface area contributed by atoms with Crippen LogP contribution >= 0.6 is 0 Å². The van der Waals surface area contributed by atoms with Crippen molar-refractivity contribution in [2.75, 3.05) is 78.7 Å². The Bertz CT molecular complexity index is 2020. The average molecular weight is 773 g/mol.